The average molecular weight is 578 g/mol. The van der Waals surface area contributed by atoms with E-state index >= 15 is 0 Å². The topological polar surface area (TPSA) is 115 Å². The number of methoxy groups -OCH3 is 2. The molecule has 1 saturated heterocycles. The molecule has 0 spiro atoms. The molecule has 1 fully saturated rings. The summed E-state index contributed by atoms with van der Waals surface area (Å²) < 4.78 is 37.4. The van der Waals surface area contributed by atoms with E-state index in [1.165, 1.54) is 26.4 Å². The van der Waals surface area contributed by atoms with E-state index in [0.717, 1.165) is 5.56 Å². The number of rotatable bonds is 3. The molecule has 0 aromatic heterocycles. The molecule has 2 amide bonds. The molecule has 2 N–H and O–H groups in total. The second-order valence-electron chi connectivity index (χ2n) is 10.1. The molecule has 10 nitrogen and oxygen atoms in total. The van der Waals surface area contributed by atoms with Crippen molar-refractivity contribution in [1.82, 2.24) is 15.5 Å². The van der Waals surface area contributed by atoms with E-state index in [1.807, 2.05) is 4.90 Å². The molecular weight excluding hydrogens is 545 g/mol. The highest BCUT2D eigenvalue weighted by atomic mass is 19.1. The molecule has 3 heterocycles. The van der Waals surface area contributed by atoms with Crippen LogP contribution in [-0.4, -0.2) is 75.3 Å². The number of piperidine rings is 1. The summed E-state index contributed by atoms with van der Waals surface area (Å²) >= 11 is 0. The number of fused-ring (bicyclic) bond motifs is 7. The highest BCUT2D eigenvalue weighted by Crippen LogP contribution is 2.29. The van der Waals surface area contributed by atoms with E-state index < -0.39 is 29.8 Å². The van der Waals surface area contributed by atoms with Crippen molar-refractivity contribution in [2.75, 3.05) is 40.5 Å². The van der Waals surface area contributed by atoms with Crippen molar-refractivity contribution in [3.8, 4) is 28.4 Å². The average Bonchev–Trinajstić information content (AvgIpc) is 3.00. The number of halogens is 1. The lowest BCUT2D eigenvalue weighted by Gasteiger charge is -2.38. The molecule has 3 aromatic carbocycles. The van der Waals surface area contributed by atoms with Gasteiger partial charge < -0.3 is 29.6 Å². The smallest absolute Gasteiger partial charge is 0.319 e. The van der Waals surface area contributed by atoms with Gasteiger partial charge in [-0.3, -0.25) is 19.3 Å². The largest absolute Gasteiger partial charge is 0.496 e. The molecule has 42 heavy (non-hydrogen) atoms. The number of esters is 1. The Balaban J connectivity index is 1.51. The number of likely N-dealkylation sites (tertiary alicyclic amines) is 1. The third-order valence-electron chi connectivity index (χ3n) is 7.30. The van der Waals surface area contributed by atoms with Crippen molar-refractivity contribution < 1.29 is 37.7 Å². The van der Waals surface area contributed by atoms with E-state index in [1.54, 1.807) is 48.5 Å². The fourth-order valence-corrected chi connectivity index (χ4v) is 5.07. The molecule has 2 atom stereocenters. The van der Waals surface area contributed by atoms with Gasteiger partial charge in [0.2, 0.25) is 0 Å². The standard InChI is InChI=1S/C31H32FN3O7/c1-39-28-14-23-8-6-21(28)15-33-29(36)18-41-22-5-3-4-19(12-22)20-7-9-25(32)24(13-20)31(38)34-26-16-35(17-30(37)40-2)11-10-27(26)42-23/h3-9,12-14,26-27H,10-11,15-18H2,1-2H3,(H,33,36)(H,34,38)/t26-,27+/m1/s1. The maximum Gasteiger partial charge on any atom is 0.319 e. The minimum Gasteiger partial charge on any atom is -0.496 e. The van der Waals surface area contributed by atoms with Gasteiger partial charge in [-0.2, -0.15) is 0 Å². The van der Waals surface area contributed by atoms with Crippen LogP contribution < -0.4 is 24.8 Å². The first-order valence-electron chi connectivity index (χ1n) is 13.6. The molecule has 0 aliphatic carbocycles. The van der Waals surface area contributed by atoms with E-state index in [0.29, 0.717) is 41.3 Å². The predicted octanol–water partition coefficient (Wildman–Crippen LogP) is 2.93. The second kappa shape index (κ2) is 12.9. The van der Waals surface area contributed by atoms with Gasteiger partial charge in [0, 0.05) is 31.3 Å². The van der Waals surface area contributed by atoms with Crippen molar-refractivity contribution >= 4 is 17.8 Å². The van der Waals surface area contributed by atoms with Crippen molar-refractivity contribution in [2.45, 2.75) is 25.1 Å². The highest BCUT2D eigenvalue weighted by Gasteiger charge is 2.34. The van der Waals surface area contributed by atoms with Crippen LogP contribution in [0.4, 0.5) is 4.39 Å². The van der Waals surface area contributed by atoms with Gasteiger partial charge in [-0.1, -0.05) is 18.2 Å². The Morgan fingerprint density at radius 2 is 1.88 bits per heavy atom. The van der Waals surface area contributed by atoms with E-state index in [2.05, 4.69) is 10.6 Å². The zero-order chi connectivity index (χ0) is 29.6. The first kappa shape index (κ1) is 28.9. The van der Waals surface area contributed by atoms with Crippen molar-refractivity contribution in [2.24, 2.45) is 0 Å². The van der Waals surface area contributed by atoms with Crippen LogP contribution in [-0.2, 0) is 20.9 Å². The fraction of sp³-hybridized carbons (Fsp3) is 0.323. The SMILES string of the molecule is COC(=O)CN1CC[C@@H]2Oc3ccc(c(OC)c3)CNC(=O)COc3cccc(c3)-c3ccc(F)c(c3)C(=O)N[C@@H]2C1. The Labute approximate surface area is 242 Å². The monoisotopic (exact) mass is 577 g/mol. The van der Waals surface area contributed by atoms with Crippen LogP contribution >= 0.6 is 0 Å². The van der Waals surface area contributed by atoms with E-state index in [9.17, 15) is 18.8 Å². The van der Waals surface area contributed by atoms with Crippen LogP contribution in [0.1, 0.15) is 22.3 Å². The summed E-state index contributed by atoms with van der Waals surface area (Å²) in [6.45, 7) is 0.865. The van der Waals surface area contributed by atoms with Gasteiger partial charge in [0.05, 0.1) is 32.4 Å². The number of carbonyl (C=O) groups excluding carboxylic acids is 3. The Morgan fingerprint density at radius 1 is 1.05 bits per heavy atom. The molecule has 3 aromatic rings. The van der Waals surface area contributed by atoms with E-state index in [4.69, 9.17) is 18.9 Å². The molecule has 11 heteroatoms. The summed E-state index contributed by atoms with van der Waals surface area (Å²) in [5.41, 5.74) is 1.88. The third-order valence-corrected chi connectivity index (χ3v) is 7.30. The van der Waals surface area contributed by atoms with Crippen LogP contribution in [0.3, 0.4) is 0 Å². The van der Waals surface area contributed by atoms with Gasteiger partial charge in [0.15, 0.2) is 6.61 Å². The number of benzene rings is 3. The summed E-state index contributed by atoms with van der Waals surface area (Å²) in [6.07, 6.45) is 0.000896. The quantitative estimate of drug-likeness (QED) is 0.457. The van der Waals surface area contributed by atoms with E-state index in [-0.39, 0.29) is 37.7 Å². The number of ether oxygens (including phenoxy) is 4. The number of nitrogens with zero attached hydrogens (tertiary/aromatic N) is 1. The highest BCUT2D eigenvalue weighted by molar-refractivity contribution is 5.96. The van der Waals surface area contributed by atoms with Gasteiger partial charge in [0.25, 0.3) is 11.8 Å². The first-order valence-corrected chi connectivity index (χ1v) is 13.6. The molecule has 0 radical (unpaired) electrons. The number of carbonyl (C=O) groups is 3. The minimum atomic E-state index is -0.678. The molecule has 6 rings (SSSR count). The number of amides is 2. The van der Waals surface area contributed by atoms with Gasteiger partial charge in [-0.05, 0) is 53.9 Å². The van der Waals surface area contributed by atoms with Crippen LogP contribution in [0.5, 0.6) is 17.2 Å². The van der Waals surface area contributed by atoms with Crippen LogP contribution in [0.15, 0.2) is 60.7 Å². The minimum absolute atomic E-state index is 0.0477. The summed E-state index contributed by atoms with van der Waals surface area (Å²) in [5, 5.41) is 5.78. The van der Waals surface area contributed by atoms with Gasteiger partial charge >= 0.3 is 5.97 Å². The maximum absolute atomic E-state index is 15.0. The lowest BCUT2D eigenvalue weighted by atomic mass is 9.99. The summed E-state index contributed by atoms with van der Waals surface area (Å²) in [4.78, 5) is 39.8. The Kier molecular flexibility index (Phi) is 8.87. The molecule has 6 bridgehead atoms. The molecule has 0 unspecified atom stereocenters. The zero-order valence-corrected chi connectivity index (χ0v) is 23.4. The zero-order valence-electron chi connectivity index (χ0n) is 23.4. The Hall–Kier alpha value is -4.64. The van der Waals surface area contributed by atoms with Crippen molar-refractivity contribution in [3.05, 3.63) is 77.6 Å². The van der Waals surface area contributed by atoms with Crippen LogP contribution in [0.2, 0.25) is 0 Å². The summed E-state index contributed by atoms with van der Waals surface area (Å²) in [6, 6.07) is 16.0. The number of hydrogen-bond donors (Lipinski definition) is 2. The Morgan fingerprint density at radius 3 is 2.69 bits per heavy atom. The maximum atomic E-state index is 15.0. The normalized spacial score (nSPS) is 19.3. The molecule has 3 aliphatic heterocycles. The summed E-state index contributed by atoms with van der Waals surface area (Å²) in [5.74, 6) is -0.552. The predicted molar refractivity (Wildman–Crippen MR) is 151 cm³/mol. The van der Waals surface area contributed by atoms with Gasteiger partial charge in [-0.25, -0.2) is 4.39 Å². The van der Waals surface area contributed by atoms with Crippen LogP contribution in [0, 0.1) is 5.82 Å². The second-order valence-corrected chi connectivity index (χ2v) is 10.1. The lowest BCUT2D eigenvalue weighted by molar-refractivity contribution is -0.142. The van der Waals surface area contributed by atoms with Crippen molar-refractivity contribution in [3.63, 3.8) is 0 Å². The molecule has 220 valence electrons. The first-order chi connectivity index (χ1) is 20.3. The molecule has 0 saturated carbocycles. The molecule has 3 aliphatic rings. The fourth-order valence-electron chi connectivity index (χ4n) is 5.07. The number of nitrogens with one attached hydrogen (secondary N) is 2. The van der Waals surface area contributed by atoms with Crippen LogP contribution in [0.25, 0.3) is 11.1 Å². The number of hydrogen-bond acceptors (Lipinski definition) is 8. The van der Waals surface area contributed by atoms with Gasteiger partial charge in [-0.15, -0.1) is 0 Å². The Bertz CT molecular complexity index is 1480. The van der Waals surface area contributed by atoms with Gasteiger partial charge in [0.1, 0.15) is 29.2 Å². The van der Waals surface area contributed by atoms with Crippen molar-refractivity contribution in [1.29, 1.82) is 0 Å². The third kappa shape index (κ3) is 6.80. The summed E-state index contributed by atoms with van der Waals surface area (Å²) in [7, 11) is 2.84. The lowest BCUT2D eigenvalue weighted by Crippen LogP contribution is -2.57. The molecular formula is C31H32FN3O7.